The van der Waals surface area contributed by atoms with Gasteiger partial charge in [-0.25, -0.2) is 4.99 Å². The van der Waals surface area contributed by atoms with Gasteiger partial charge in [-0.3, -0.25) is 0 Å². The minimum Gasteiger partial charge on any atom is -0.466 e. The van der Waals surface area contributed by atoms with Crippen LogP contribution in [0, 0.1) is 0 Å². The quantitative estimate of drug-likeness (QED) is 0.474. The lowest BCUT2D eigenvalue weighted by Gasteiger charge is -2.22. The second-order valence-electron chi connectivity index (χ2n) is 6.25. The van der Waals surface area contributed by atoms with E-state index < -0.39 is 5.60 Å². The van der Waals surface area contributed by atoms with Crippen molar-refractivity contribution in [3.63, 3.8) is 0 Å². The van der Waals surface area contributed by atoms with Gasteiger partial charge >= 0.3 is 0 Å². The Morgan fingerprint density at radius 2 is 1.88 bits per heavy atom. The number of hydrogen-bond acceptors (Lipinski definition) is 4. The van der Waals surface area contributed by atoms with Gasteiger partial charge in [0, 0.05) is 13.2 Å². The van der Waals surface area contributed by atoms with E-state index in [4.69, 9.17) is 9.15 Å². The van der Waals surface area contributed by atoms with E-state index in [2.05, 4.69) is 39.9 Å². The average Bonchev–Trinajstić information content (AvgIpc) is 3.19. The minimum absolute atomic E-state index is 0.291. The molecule has 0 amide bonds. The summed E-state index contributed by atoms with van der Waals surface area (Å²) < 4.78 is 10.7. The summed E-state index contributed by atoms with van der Waals surface area (Å²) in [6.45, 7) is 8.62. The Bertz CT molecular complexity index is 664. The van der Waals surface area contributed by atoms with Gasteiger partial charge in [0.25, 0.3) is 0 Å². The number of aliphatic imine (C=N–C) groups is 1. The van der Waals surface area contributed by atoms with Crippen LogP contribution in [0.25, 0.3) is 0 Å². The highest BCUT2D eigenvalue weighted by molar-refractivity contribution is 5.79. The summed E-state index contributed by atoms with van der Waals surface area (Å²) in [4.78, 5) is 4.58. The highest BCUT2D eigenvalue weighted by Gasteiger charge is 2.26. The van der Waals surface area contributed by atoms with E-state index in [1.54, 1.807) is 25.3 Å². The fourth-order valence-electron chi connectivity index (χ4n) is 2.40. The predicted octanol–water partition coefficient (Wildman–Crippen LogP) is 2.78. The molecule has 0 saturated heterocycles. The maximum atomic E-state index is 10.5. The first-order chi connectivity index (χ1) is 12.5. The van der Waals surface area contributed by atoms with Gasteiger partial charge in [0.05, 0.1) is 26.0 Å². The number of nitrogens with zero attached hydrogens (tertiary/aromatic N) is 1. The molecular formula is C20H29N3O3. The average molecular weight is 359 g/mol. The number of benzene rings is 1. The third-order valence-corrected chi connectivity index (χ3v) is 3.91. The number of guanidine groups is 1. The van der Waals surface area contributed by atoms with Crippen LogP contribution in [0.3, 0.4) is 0 Å². The highest BCUT2D eigenvalue weighted by Crippen LogP contribution is 2.19. The molecule has 1 unspecified atom stereocenters. The van der Waals surface area contributed by atoms with Crippen LogP contribution in [0.5, 0.6) is 0 Å². The van der Waals surface area contributed by atoms with Crippen molar-refractivity contribution >= 4 is 5.96 Å². The Morgan fingerprint density at radius 3 is 2.50 bits per heavy atom. The molecule has 0 saturated carbocycles. The third-order valence-electron chi connectivity index (χ3n) is 3.91. The van der Waals surface area contributed by atoms with E-state index in [-0.39, 0.29) is 0 Å². The van der Waals surface area contributed by atoms with Crippen molar-refractivity contribution in [2.24, 2.45) is 4.99 Å². The van der Waals surface area contributed by atoms with Gasteiger partial charge in [-0.05, 0) is 44.0 Å². The number of aliphatic hydroxyl groups is 1. The standard InChI is InChI=1S/C20H29N3O3/c1-4-21-19(23-15-20(3,24)18-7-6-12-26-18)22-13-16-8-10-17(11-9-16)14-25-5-2/h6-12,24H,4-5,13-15H2,1-3H3,(H2,21,22,23). The van der Waals surface area contributed by atoms with Gasteiger partial charge in [-0.1, -0.05) is 24.3 Å². The Hall–Kier alpha value is -2.31. The molecule has 1 heterocycles. The van der Waals surface area contributed by atoms with Gasteiger partial charge in [-0.2, -0.15) is 0 Å². The summed E-state index contributed by atoms with van der Waals surface area (Å²) in [7, 11) is 0. The molecule has 0 aliphatic carbocycles. The molecule has 0 radical (unpaired) electrons. The molecule has 2 rings (SSSR count). The van der Waals surface area contributed by atoms with Crippen molar-refractivity contribution in [1.29, 1.82) is 0 Å². The van der Waals surface area contributed by atoms with Gasteiger partial charge in [0.15, 0.2) is 5.96 Å². The normalized spacial score (nSPS) is 14.1. The van der Waals surface area contributed by atoms with Crippen molar-refractivity contribution in [1.82, 2.24) is 10.6 Å². The summed E-state index contributed by atoms with van der Waals surface area (Å²) >= 11 is 0. The smallest absolute Gasteiger partial charge is 0.191 e. The first kappa shape index (κ1) is 20.0. The van der Waals surface area contributed by atoms with Crippen molar-refractivity contribution in [3.05, 3.63) is 59.5 Å². The lowest BCUT2D eigenvalue weighted by atomic mass is 10.0. The van der Waals surface area contributed by atoms with Crippen LogP contribution in [-0.2, 0) is 23.5 Å². The number of nitrogens with one attached hydrogen (secondary N) is 2. The Kier molecular flexibility index (Phi) is 7.69. The zero-order chi connectivity index (χ0) is 18.8. The fraction of sp³-hybridized carbons (Fsp3) is 0.450. The van der Waals surface area contributed by atoms with Crippen LogP contribution < -0.4 is 10.6 Å². The number of furan rings is 1. The first-order valence-electron chi connectivity index (χ1n) is 8.99. The monoisotopic (exact) mass is 359 g/mol. The van der Waals surface area contributed by atoms with Crippen molar-refractivity contribution in [2.75, 3.05) is 19.7 Å². The molecule has 0 bridgehead atoms. The van der Waals surface area contributed by atoms with Crippen LogP contribution in [-0.4, -0.2) is 30.8 Å². The summed E-state index contributed by atoms with van der Waals surface area (Å²) in [6, 6.07) is 11.7. The molecule has 1 aromatic carbocycles. The maximum absolute atomic E-state index is 10.5. The molecule has 0 spiro atoms. The van der Waals surface area contributed by atoms with Gasteiger partial charge in [0.2, 0.25) is 0 Å². The molecule has 0 fully saturated rings. The van der Waals surface area contributed by atoms with Crippen LogP contribution in [0.2, 0.25) is 0 Å². The first-order valence-corrected chi connectivity index (χ1v) is 8.99. The number of ether oxygens (including phenoxy) is 1. The second-order valence-corrected chi connectivity index (χ2v) is 6.25. The second kappa shape index (κ2) is 9.99. The number of hydrogen-bond donors (Lipinski definition) is 3. The van der Waals surface area contributed by atoms with Crippen molar-refractivity contribution in [3.8, 4) is 0 Å². The summed E-state index contributed by atoms with van der Waals surface area (Å²) in [5, 5.41) is 16.9. The summed E-state index contributed by atoms with van der Waals surface area (Å²) in [5.74, 6) is 1.17. The van der Waals surface area contributed by atoms with E-state index in [1.165, 1.54) is 0 Å². The van der Waals surface area contributed by atoms with E-state index in [1.807, 2.05) is 13.8 Å². The molecule has 142 valence electrons. The van der Waals surface area contributed by atoms with Crippen LogP contribution >= 0.6 is 0 Å². The largest absolute Gasteiger partial charge is 0.466 e. The lowest BCUT2D eigenvalue weighted by Crippen LogP contribution is -2.44. The van der Waals surface area contributed by atoms with Crippen LogP contribution in [0.15, 0.2) is 52.1 Å². The van der Waals surface area contributed by atoms with Crippen molar-refractivity contribution in [2.45, 2.75) is 39.5 Å². The molecule has 1 aromatic heterocycles. The van der Waals surface area contributed by atoms with Gasteiger partial charge in [-0.15, -0.1) is 0 Å². The highest BCUT2D eigenvalue weighted by atomic mass is 16.5. The van der Waals surface area contributed by atoms with E-state index in [9.17, 15) is 5.11 Å². The minimum atomic E-state index is -1.11. The third kappa shape index (κ3) is 6.20. The molecule has 26 heavy (non-hydrogen) atoms. The summed E-state index contributed by atoms with van der Waals surface area (Å²) in [6.07, 6.45) is 1.55. The lowest BCUT2D eigenvalue weighted by molar-refractivity contribution is 0.0386. The predicted molar refractivity (Wildman–Crippen MR) is 103 cm³/mol. The molecular weight excluding hydrogens is 330 g/mol. The zero-order valence-corrected chi connectivity index (χ0v) is 15.8. The Balaban J connectivity index is 1.93. The molecule has 0 aliphatic rings. The van der Waals surface area contributed by atoms with Gasteiger partial charge < -0.3 is 24.9 Å². The van der Waals surface area contributed by atoms with E-state index in [0.29, 0.717) is 38.0 Å². The molecule has 6 nitrogen and oxygen atoms in total. The zero-order valence-electron chi connectivity index (χ0n) is 15.8. The SMILES string of the molecule is CCNC(=NCc1ccc(COCC)cc1)NCC(C)(O)c1ccco1. The molecule has 2 aromatic rings. The Morgan fingerprint density at radius 1 is 1.15 bits per heavy atom. The van der Waals surface area contributed by atoms with E-state index >= 15 is 0 Å². The number of rotatable bonds is 9. The fourth-order valence-corrected chi connectivity index (χ4v) is 2.40. The Labute approximate surface area is 155 Å². The molecule has 3 N–H and O–H groups in total. The summed E-state index contributed by atoms with van der Waals surface area (Å²) in [5.41, 5.74) is 1.15. The molecule has 6 heteroatoms. The topological polar surface area (TPSA) is 79.0 Å². The van der Waals surface area contributed by atoms with Crippen LogP contribution in [0.1, 0.15) is 37.7 Å². The van der Waals surface area contributed by atoms with Gasteiger partial charge in [0.1, 0.15) is 11.4 Å². The van der Waals surface area contributed by atoms with Crippen molar-refractivity contribution < 1.29 is 14.3 Å². The van der Waals surface area contributed by atoms with E-state index in [0.717, 1.165) is 17.7 Å². The van der Waals surface area contributed by atoms with Crippen LogP contribution in [0.4, 0.5) is 0 Å². The molecule has 1 atom stereocenters. The molecule has 0 aliphatic heterocycles. The maximum Gasteiger partial charge on any atom is 0.191 e.